The Morgan fingerprint density at radius 3 is 2.73 bits per heavy atom. The number of hydrogen-bond acceptors (Lipinski definition) is 3. The number of halogens is 1. The molecule has 3 rings (SSSR count). The molecule has 0 saturated heterocycles. The van der Waals surface area contributed by atoms with Crippen molar-refractivity contribution in [1.29, 1.82) is 0 Å². The lowest BCUT2D eigenvalue weighted by Gasteiger charge is -2.22. The van der Waals surface area contributed by atoms with Gasteiger partial charge >= 0.3 is 5.97 Å². The van der Waals surface area contributed by atoms with Crippen LogP contribution in [0.4, 0.5) is 5.69 Å². The average Bonchev–Trinajstić information content (AvgIpc) is 2.62. The second kappa shape index (κ2) is 9.22. The minimum absolute atomic E-state index is 0.288. The molecule has 0 unspecified atom stereocenters. The fraction of sp³-hybridized carbons (Fsp3) is 0.524. The molecule has 0 atom stereocenters. The standard InChI is InChI=1S/C21H27ClN2O2/c22-15-11-12-17-19(14-15)24-18-9-6-5-8-16(18)21(17)23-13-7-3-1-2-4-10-20(25)26/h11-12,14H,1-10,13H2,(H,23,24)(H,25,26). The molecule has 1 aromatic heterocycles. The van der Waals surface area contributed by atoms with Crippen LogP contribution < -0.4 is 5.32 Å². The largest absolute Gasteiger partial charge is 0.481 e. The summed E-state index contributed by atoms with van der Waals surface area (Å²) >= 11 is 6.16. The highest BCUT2D eigenvalue weighted by atomic mass is 35.5. The Kier molecular flexibility index (Phi) is 6.73. The first kappa shape index (κ1) is 19.0. The molecule has 1 heterocycles. The van der Waals surface area contributed by atoms with Crippen LogP contribution in [0.25, 0.3) is 10.9 Å². The molecule has 0 bridgehead atoms. The molecule has 0 saturated carbocycles. The van der Waals surface area contributed by atoms with Crippen molar-refractivity contribution < 1.29 is 9.90 Å². The number of aliphatic carboxylic acids is 1. The van der Waals surface area contributed by atoms with Crippen LogP contribution in [0.5, 0.6) is 0 Å². The first-order valence-corrected chi connectivity index (χ1v) is 10.1. The van der Waals surface area contributed by atoms with Gasteiger partial charge < -0.3 is 10.4 Å². The summed E-state index contributed by atoms with van der Waals surface area (Å²) in [5.41, 5.74) is 4.83. The molecule has 1 aromatic carbocycles. The predicted molar refractivity (Wildman–Crippen MR) is 107 cm³/mol. The van der Waals surface area contributed by atoms with E-state index in [-0.39, 0.29) is 6.42 Å². The van der Waals surface area contributed by atoms with Gasteiger partial charge in [-0.2, -0.15) is 0 Å². The molecule has 5 heteroatoms. The van der Waals surface area contributed by atoms with Gasteiger partial charge in [-0.05, 0) is 62.3 Å². The van der Waals surface area contributed by atoms with Crippen LogP contribution in [-0.2, 0) is 17.6 Å². The van der Waals surface area contributed by atoms with Crippen LogP contribution in [0.15, 0.2) is 18.2 Å². The summed E-state index contributed by atoms with van der Waals surface area (Å²) in [6.07, 6.45) is 9.98. The molecule has 2 aromatic rings. The van der Waals surface area contributed by atoms with E-state index >= 15 is 0 Å². The number of hydrogen-bond donors (Lipinski definition) is 2. The number of nitrogens with zero attached hydrogens (tertiary/aromatic N) is 1. The van der Waals surface area contributed by atoms with Crippen LogP contribution in [-0.4, -0.2) is 22.6 Å². The van der Waals surface area contributed by atoms with Crippen molar-refractivity contribution in [2.24, 2.45) is 0 Å². The van der Waals surface area contributed by atoms with Gasteiger partial charge in [0.25, 0.3) is 0 Å². The van der Waals surface area contributed by atoms with E-state index in [9.17, 15) is 4.79 Å². The molecule has 0 amide bonds. The van der Waals surface area contributed by atoms with Gasteiger partial charge in [-0.1, -0.05) is 30.9 Å². The zero-order valence-corrected chi connectivity index (χ0v) is 15.9. The van der Waals surface area contributed by atoms with E-state index in [1.807, 2.05) is 12.1 Å². The number of rotatable bonds is 9. The van der Waals surface area contributed by atoms with Crippen molar-refractivity contribution in [3.8, 4) is 0 Å². The molecule has 1 aliphatic rings. The Labute approximate surface area is 160 Å². The summed E-state index contributed by atoms with van der Waals surface area (Å²) in [4.78, 5) is 15.4. The third kappa shape index (κ3) is 4.88. The second-order valence-electron chi connectivity index (χ2n) is 7.12. The topological polar surface area (TPSA) is 62.2 Å². The molecular formula is C21H27ClN2O2. The van der Waals surface area contributed by atoms with Gasteiger partial charge in [0, 0.05) is 34.8 Å². The first-order valence-electron chi connectivity index (χ1n) is 9.72. The summed E-state index contributed by atoms with van der Waals surface area (Å²) in [6, 6.07) is 5.97. The molecule has 2 N–H and O–H groups in total. The predicted octanol–water partition coefficient (Wildman–Crippen LogP) is 5.60. The van der Waals surface area contributed by atoms with E-state index in [4.69, 9.17) is 21.7 Å². The van der Waals surface area contributed by atoms with Crippen molar-refractivity contribution >= 4 is 34.2 Å². The highest BCUT2D eigenvalue weighted by Crippen LogP contribution is 2.34. The summed E-state index contributed by atoms with van der Waals surface area (Å²) in [5.74, 6) is -0.693. The molecule has 0 radical (unpaired) electrons. The zero-order chi connectivity index (χ0) is 18.4. The van der Waals surface area contributed by atoms with Crippen LogP contribution in [0.3, 0.4) is 0 Å². The lowest BCUT2D eigenvalue weighted by molar-refractivity contribution is -0.137. The van der Waals surface area contributed by atoms with E-state index in [1.54, 1.807) is 0 Å². The number of carbonyl (C=O) groups is 1. The lowest BCUT2D eigenvalue weighted by atomic mass is 9.92. The average molecular weight is 375 g/mol. The number of anilines is 1. The second-order valence-corrected chi connectivity index (χ2v) is 7.56. The number of fused-ring (bicyclic) bond motifs is 2. The lowest BCUT2D eigenvalue weighted by Crippen LogP contribution is -2.12. The fourth-order valence-electron chi connectivity index (χ4n) is 3.75. The highest BCUT2D eigenvalue weighted by Gasteiger charge is 2.18. The number of aryl methyl sites for hydroxylation is 1. The monoisotopic (exact) mass is 374 g/mol. The maximum absolute atomic E-state index is 10.5. The highest BCUT2D eigenvalue weighted by molar-refractivity contribution is 6.31. The Morgan fingerprint density at radius 1 is 1.12 bits per heavy atom. The van der Waals surface area contributed by atoms with Gasteiger partial charge in [0.15, 0.2) is 0 Å². The van der Waals surface area contributed by atoms with Crippen molar-refractivity contribution in [3.63, 3.8) is 0 Å². The SMILES string of the molecule is O=C(O)CCCCCCCNc1c2c(nc3cc(Cl)ccc13)CCCC2. The minimum atomic E-state index is -0.693. The van der Waals surface area contributed by atoms with Gasteiger partial charge in [-0.3, -0.25) is 9.78 Å². The van der Waals surface area contributed by atoms with Crippen LogP contribution >= 0.6 is 11.6 Å². The summed E-state index contributed by atoms with van der Waals surface area (Å²) < 4.78 is 0. The van der Waals surface area contributed by atoms with Crippen LogP contribution in [0.1, 0.15) is 62.6 Å². The van der Waals surface area contributed by atoms with Crippen molar-refractivity contribution in [2.45, 2.75) is 64.2 Å². The molecule has 140 valence electrons. The van der Waals surface area contributed by atoms with Crippen molar-refractivity contribution in [1.82, 2.24) is 4.98 Å². The van der Waals surface area contributed by atoms with E-state index in [0.717, 1.165) is 67.4 Å². The van der Waals surface area contributed by atoms with Crippen molar-refractivity contribution in [3.05, 3.63) is 34.5 Å². The summed E-state index contributed by atoms with van der Waals surface area (Å²) in [6.45, 7) is 0.938. The normalized spacial score (nSPS) is 13.6. The van der Waals surface area contributed by atoms with Gasteiger partial charge in [0.05, 0.1) is 5.52 Å². The van der Waals surface area contributed by atoms with E-state index in [0.29, 0.717) is 0 Å². The molecule has 4 nitrogen and oxygen atoms in total. The van der Waals surface area contributed by atoms with E-state index in [2.05, 4.69) is 11.4 Å². The molecule has 1 aliphatic carbocycles. The number of carboxylic acids is 1. The number of benzene rings is 1. The van der Waals surface area contributed by atoms with Gasteiger partial charge in [-0.15, -0.1) is 0 Å². The molecular weight excluding hydrogens is 348 g/mol. The summed E-state index contributed by atoms with van der Waals surface area (Å²) in [7, 11) is 0. The fourth-order valence-corrected chi connectivity index (χ4v) is 3.91. The zero-order valence-electron chi connectivity index (χ0n) is 15.2. The Bertz CT molecular complexity index is 776. The maximum atomic E-state index is 10.5. The number of aromatic nitrogens is 1. The Hall–Kier alpha value is -1.81. The summed E-state index contributed by atoms with van der Waals surface area (Å²) in [5, 5.41) is 14.2. The third-order valence-electron chi connectivity index (χ3n) is 5.09. The van der Waals surface area contributed by atoms with Crippen LogP contribution in [0.2, 0.25) is 5.02 Å². The first-order chi connectivity index (χ1) is 12.6. The quantitative estimate of drug-likeness (QED) is 0.560. The number of unbranched alkanes of at least 4 members (excludes halogenated alkanes) is 4. The number of nitrogens with one attached hydrogen (secondary N) is 1. The van der Waals surface area contributed by atoms with E-state index < -0.39 is 5.97 Å². The number of carboxylic acid groups (broad SMARTS) is 1. The maximum Gasteiger partial charge on any atom is 0.303 e. The Balaban J connectivity index is 1.61. The molecule has 0 fully saturated rings. The smallest absolute Gasteiger partial charge is 0.303 e. The van der Waals surface area contributed by atoms with Gasteiger partial charge in [0.1, 0.15) is 0 Å². The Morgan fingerprint density at radius 2 is 1.88 bits per heavy atom. The third-order valence-corrected chi connectivity index (χ3v) is 5.33. The van der Waals surface area contributed by atoms with E-state index in [1.165, 1.54) is 29.8 Å². The molecule has 0 aliphatic heterocycles. The minimum Gasteiger partial charge on any atom is -0.481 e. The van der Waals surface area contributed by atoms with Gasteiger partial charge in [-0.25, -0.2) is 0 Å². The molecule has 26 heavy (non-hydrogen) atoms. The number of pyridine rings is 1. The molecule has 0 spiro atoms. The van der Waals surface area contributed by atoms with Crippen molar-refractivity contribution in [2.75, 3.05) is 11.9 Å². The van der Waals surface area contributed by atoms with Crippen LogP contribution in [0, 0.1) is 0 Å². The van der Waals surface area contributed by atoms with Gasteiger partial charge in [0.2, 0.25) is 0 Å².